The second-order valence-corrected chi connectivity index (χ2v) is 6.51. The van der Waals surface area contributed by atoms with E-state index in [9.17, 15) is 19.7 Å². The Bertz CT molecular complexity index is 918. The van der Waals surface area contributed by atoms with Crippen LogP contribution in [0.1, 0.15) is 10.5 Å². The average Bonchev–Trinajstić information content (AvgIpc) is 3.23. The minimum atomic E-state index is -0.719. The topological polar surface area (TPSA) is 118 Å². The molecule has 3 heterocycles. The van der Waals surface area contributed by atoms with E-state index in [4.69, 9.17) is 9.47 Å². The number of benzene rings is 1. The van der Waals surface area contributed by atoms with Gasteiger partial charge < -0.3 is 24.3 Å². The molecule has 2 amide bonds. The van der Waals surface area contributed by atoms with Gasteiger partial charge in [0.25, 0.3) is 17.5 Å². The van der Waals surface area contributed by atoms with Crippen molar-refractivity contribution in [3.05, 3.63) is 52.3 Å². The molecule has 1 aromatic carbocycles. The van der Waals surface area contributed by atoms with Gasteiger partial charge in [-0.15, -0.1) is 0 Å². The third-order valence-electron chi connectivity index (χ3n) is 4.77. The highest BCUT2D eigenvalue weighted by atomic mass is 16.6. The molecule has 0 saturated carbocycles. The molecular formula is C18H18N4O6. The van der Waals surface area contributed by atoms with Crippen LogP contribution in [0.5, 0.6) is 11.5 Å². The molecule has 146 valence electrons. The van der Waals surface area contributed by atoms with Crippen molar-refractivity contribution in [2.24, 2.45) is 0 Å². The van der Waals surface area contributed by atoms with E-state index in [2.05, 4.69) is 4.98 Å². The summed E-state index contributed by atoms with van der Waals surface area (Å²) < 4.78 is 11.3. The Morgan fingerprint density at radius 2 is 1.79 bits per heavy atom. The van der Waals surface area contributed by atoms with Crippen LogP contribution >= 0.6 is 0 Å². The molecule has 1 atom stereocenters. The van der Waals surface area contributed by atoms with E-state index in [1.165, 1.54) is 12.3 Å². The summed E-state index contributed by atoms with van der Waals surface area (Å²) in [5, 5.41) is 10.8. The maximum Gasteiger partial charge on any atom is 0.287 e. The normalized spacial score (nSPS) is 18.6. The predicted molar refractivity (Wildman–Crippen MR) is 96.3 cm³/mol. The molecule has 2 aliphatic rings. The highest BCUT2D eigenvalue weighted by molar-refractivity contribution is 5.93. The van der Waals surface area contributed by atoms with Crippen LogP contribution in [0.2, 0.25) is 0 Å². The van der Waals surface area contributed by atoms with Gasteiger partial charge in [-0.1, -0.05) is 12.1 Å². The quantitative estimate of drug-likeness (QED) is 0.622. The molecule has 1 aromatic heterocycles. The molecule has 1 unspecified atom stereocenters. The number of carbonyl (C=O) groups is 2. The second kappa shape index (κ2) is 7.22. The van der Waals surface area contributed by atoms with Gasteiger partial charge in [0.15, 0.2) is 11.5 Å². The van der Waals surface area contributed by atoms with Gasteiger partial charge in [-0.2, -0.15) is 0 Å². The molecule has 2 aromatic rings. The zero-order valence-electron chi connectivity index (χ0n) is 14.9. The van der Waals surface area contributed by atoms with Crippen LogP contribution in [-0.4, -0.2) is 70.4 Å². The number of aromatic nitrogens is 1. The number of para-hydroxylation sites is 2. The number of piperazine rings is 1. The summed E-state index contributed by atoms with van der Waals surface area (Å²) in [5.41, 5.74) is -0.000936. The third-order valence-corrected chi connectivity index (χ3v) is 4.77. The number of ether oxygens (including phenoxy) is 2. The van der Waals surface area contributed by atoms with Crippen LogP contribution in [-0.2, 0) is 4.79 Å². The summed E-state index contributed by atoms with van der Waals surface area (Å²) in [7, 11) is 0. The first-order valence-corrected chi connectivity index (χ1v) is 8.82. The Kier molecular flexibility index (Phi) is 4.60. The fourth-order valence-corrected chi connectivity index (χ4v) is 3.26. The van der Waals surface area contributed by atoms with Gasteiger partial charge in [-0.3, -0.25) is 19.7 Å². The summed E-state index contributed by atoms with van der Waals surface area (Å²) in [4.78, 5) is 41.2. The smallest absolute Gasteiger partial charge is 0.287 e. The summed E-state index contributed by atoms with van der Waals surface area (Å²) >= 11 is 0. The average molecular weight is 386 g/mol. The molecule has 28 heavy (non-hydrogen) atoms. The molecule has 2 aliphatic heterocycles. The number of hydrogen-bond donors (Lipinski definition) is 1. The standard InChI is InChI=1S/C18H18N4O6/c23-17(13-9-12(10-19-13)22(25)26)20-5-7-21(8-6-20)18(24)16-11-27-14-3-1-2-4-15(14)28-16/h1-4,9-10,16,19H,5-8,11H2. The van der Waals surface area contributed by atoms with Gasteiger partial charge in [0.1, 0.15) is 12.3 Å². The van der Waals surface area contributed by atoms with Crippen molar-refractivity contribution >= 4 is 17.5 Å². The lowest BCUT2D eigenvalue weighted by atomic mass is 10.2. The van der Waals surface area contributed by atoms with Crippen molar-refractivity contribution in [2.45, 2.75) is 6.10 Å². The molecular weight excluding hydrogens is 368 g/mol. The molecule has 0 bridgehead atoms. The molecule has 1 fully saturated rings. The summed E-state index contributed by atoms with van der Waals surface area (Å²) in [5.74, 6) is 0.639. The van der Waals surface area contributed by atoms with Gasteiger partial charge in [-0.25, -0.2) is 0 Å². The van der Waals surface area contributed by atoms with Crippen molar-refractivity contribution < 1.29 is 24.0 Å². The van der Waals surface area contributed by atoms with Crippen molar-refractivity contribution in [2.75, 3.05) is 32.8 Å². The highest BCUT2D eigenvalue weighted by Crippen LogP contribution is 2.31. The number of H-pyrrole nitrogens is 1. The van der Waals surface area contributed by atoms with Crippen LogP contribution in [0.25, 0.3) is 0 Å². The van der Waals surface area contributed by atoms with E-state index in [1.807, 2.05) is 12.1 Å². The Hall–Kier alpha value is -3.56. The van der Waals surface area contributed by atoms with Gasteiger partial charge in [-0.05, 0) is 12.1 Å². The summed E-state index contributed by atoms with van der Waals surface area (Å²) in [6.07, 6.45) is 0.467. The number of rotatable bonds is 3. The number of fused-ring (bicyclic) bond motifs is 1. The largest absolute Gasteiger partial charge is 0.485 e. The fourth-order valence-electron chi connectivity index (χ4n) is 3.26. The lowest BCUT2D eigenvalue weighted by Crippen LogP contribution is -2.55. The molecule has 10 heteroatoms. The second-order valence-electron chi connectivity index (χ2n) is 6.51. The number of hydrogen-bond acceptors (Lipinski definition) is 6. The molecule has 0 aliphatic carbocycles. The third kappa shape index (κ3) is 3.36. The fraction of sp³-hybridized carbons (Fsp3) is 0.333. The Balaban J connectivity index is 1.34. The first kappa shape index (κ1) is 17.8. The van der Waals surface area contributed by atoms with E-state index in [0.29, 0.717) is 37.7 Å². The monoisotopic (exact) mass is 386 g/mol. The first-order valence-electron chi connectivity index (χ1n) is 8.82. The minimum absolute atomic E-state index is 0.140. The Morgan fingerprint density at radius 3 is 2.46 bits per heavy atom. The van der Waals surface area contributed by atoms with Crippen molar-refractivity contribution in [1.29, 1.82) is 0 Å². The molecule has 10 nitrogen and oxygen atoms in total. The highest BCUT2D eigenvalue weighted by Gasteiger charge is 2.33. The number of amides is 2. The molecule has 1 N–H and O–H groups in total. The van der Waals surface area contributed by atoms with Crippen LogP contribution in [0.4, 0.5) is 5.69 Å². The lowest BCUT2D eigenvalue weighted by Gasteiger charge is -2.37. The van der Waals surface area contributed by atoms with Crippen LogP contribution < -0.4 is 9.47 Å². The van der Waals surface area contributed by atoms with E-state index in [-0.39, 0.29) is 29.8 Å². The molecule has 0 spiro atoms. The lowest BCUT2D eigenvalue weighted by molar-refractivity contribution is -0.384. The first-order chi connectivity index (χ1) is 13.5. The summed E-state index contributed by atoms with van der Waals surface area (Å²) in [6, 6.07) is 8.39. The van der Waals surface area contributed by atoms with Gasteiger partial charge in [0, 0.05) is 32.2 Å². The maximum atomic E-state index is 12.7. The van der Waals surface area contributed by atoms with E-state index in [1.54, 1.807) is 21.9 Å². The molecule has 0 radical (unpaired) electrons. The summed E-state index contributed by atoms with van der Waals surface area (Å²) in [6.45, 7) is 1.52. The maximum absolute atomic E-state index is 12.7. The van der Waals surface area contributed by atoms with Crippen molar-refractivity contribution in [1.82, 2.24) is 14.8 Å². The van der Waals surface area contributed by atoms with Gasteiger partial charge in [0.05, 0.1) is 11.1 Å². The zero-order valence-corrected chi connectivity index (χ0v) is 14.9. The van der Waals surface area contributed by atoms with Crippen LogP contribution in [0.3, 0.4) is 0 Å². The van der Waals surface area contributed by atoms with Gasteiger partial charge in [0.2, 0.25) is 6.10 Å². The number of nitrogens with one attached hydrogen (secondary N) is 1. The molecule has 1 saturated heterocycles. The zero-order chi connectivity index (χ0) is 19.7. The minimum Gasteiger partial charge on any atom is -0.485 e. The Labute approximate surface area is 159 Å². The Morgan fingerprint density at radius 1 is 1.11 bits per heavy atom. The van der Waals surface area contributed by atoms with E-state index < -0.39 is 11.0 Å². The van der Waals surface area contributed by atoms with E-state index in [0.717, 1.165) is 0 Å². The van der Waals surface area contributed by atoms with Crippen molar-refractivity contribution in [3.63, 3.8) is 0 Å². The number of nitro groups is 1. The van der Waals surface area contributed by atoms with Crippen LogP contribution in [0.15, 0.2) is 36.5 Å². The number of nitrogens with zero attached hydrogens (tertiary/aromatic N) is 3. The van der Waals surface area contributed by atoms with Crippen molar-refractivity contribution in [3.8, 4) is 11.5 Å². The molecule has 4 rings (SSSR count). The van der Waals surface area contributed by atoms with Gasteiger partial charge >= 0.3 is 0 Å². The van der Waals surface area contributed by atoms with Crippen LogP contribution in [0, 0.1) is 10.1 Å². The number of carbonyl (C=O) groups excluding carboxylic acids is 2. The number of aromatic amines is 1. The predicted octanol–water partition coefficient (Wildman–Crippen LogP) is 1.05. The SMILES string of the molecule is O=C(c1cc([N+](=O)[O-])c[nH]1)N1CCN(C(=O)C2COc3ccccc3O2)CC1. The van der Waals surface area contributed by atoms with E-state index >= 15 is 0 Å².